The Morgan fingerprint density at radius 3 is 2.79 bits per heavy atom. The molecule has 0 fully saturated rings. The molecule has 1 aromatic carbocycles. The van der Waals surface area contributed by atoms with Gasteiger partial charge in [-0.15, -0.1) is 0 Å². The SMILES string of the molecule is CNC(=O)CCOc1ccc(C2=CCNCC2)cc1. The fourth-order valence-electron chi connectivity index (χ4n) is 2.04. The van der Waals surface area contributed by atoms with Crippen LogP contribution in [0.25, 0.3) is 5.57 Å². The van der Waals surface area contributed by atoms with Gasteiger partial charge in [0.1, 0.15) is 5.75 Å². The van der Waals surface area contributed by atoms with Crippen LogP contribution in [-0.4, -0.2) is 32.7 Å². The molecule has 0 saturated heterocycles. The van der Waals surface area contributed by atoms with Crippen molar-refractivity contribution in [1.82, 2.24) is 10.6 Å². The lowest BCUT2D eigenvalue weighted by atomic mass is 10.0. The molecule has 0 atom stereocenters. The molecule has 1 heterocycles. The molecule has 0 radical (unpaired) electrons. The quantitative estimate of drug-likeness (QED) is 0.845. The zero-order valence-electron chi connectivity index (χ0n) is 11.2. The average molecular weight is 260 g/mol. The second kappa shape index (κ2) is 6.95. The van der Waals surface area contributed by atoms with Crippen LogP contribution in [0.1, 0.15) is 18.4 Å². The van der Waals surface area contributed by atoms with Crippen LogP contribution in [0, 0.1) is 0 Å². The molecular weight excluding hydrogens is 240 g/mol. The Bertz CT molecular complexity index is 452. The molecule has 2 N–H and O–H groups in total. The number of ether oxygens (including phenoxy) is 1. The summed E-state index contributed by atoms with van der Waals surface area (Å²) in [7, 11) is 1.63. The van der Waals surface area contributed by atoms with Gasteiger partial charge in [-0.1, -0.05) is 18.2 Å². The van der Waals surface area contributed by atoms with Gasteiger partial charge in [-0.05, 0) is 36.2 Å². The van der Waals surface area contributed by atoms with E-state index < -0.39 is 0 Å². The largest absolute Gasteiger partial charge is 0.493 e. The Kier molecular flexibility index (Phi) is 4.98. The molecule has 1 aromatic rings. The number of amides is 1. The maximum Gasteiger partial charge on any atom is 0.223 e. The fraction of sp³-hybridized carbons (Fsp3) is 0.400. The molecule has 0 unspecified atom stereocenters. The number of carbonyl (C=O) groups excluding carboxylic acids is 1. The molecule has 1 amide bonds. The highest BCUT2D eigenvalue weighted by Gasteiger charge is 2.06. The topological polar surface area (TPSA) is 50.4 Å². The molecule has 102 valence electrons. The van der Waals surface area contributed by atoms with Gasteiger partial charge in [-0.3, -0.25) is 4.79 Å². The summed E-state index contributed by atoms with van der Waals surface area (Å²) in [4.78, 5) is 11.1. The third kappa shape index (κ3) is 4.10. The first kappa shape index (κ1) is 13.6. The smallest absolute Gasteiger partial charge is 0.223 e. The first-order valence-corrected chi connectivity index (χ1v) is 6.63. The molecule has 4 nitrogen and oxygen atoms in total. The van der Waals surface area contributed by atoms with E-state index >= 15 is 0 Å². The lowest BCUT2D eigenvalue weighted by Crippen LogP contribution is -2.20. The number of nitrogens with one attached hydrogen (secondary N) is 2. The van der Waals surface area contributed by atoms with E-state index in [1.807, 2.05) is 12.1 Å². The van der Waals surface area contributed by atoms with Crippen molar-refractivity contribution in [3.63, 3.8) is 0 Å². The average Bonchev–Trinajstić information content (AvgIpc) is 2.48. The minimum absolute atomic E-state index is 0.00326. The lowest BCUT2D eigenvalue weighted by Gasteiger charge is -2.14. The van der Waals surface area contributed by atoms with Crippen LogP contribution in [0.2, 0.25) is 0 Å². The highest BCUT2D eigenvalue weighted by molar-refractivity contribution is 5.75. The predicted molar refractivity (Wildman–Crippen MR) is 76.1 cm³/mol. The molecule has 0 bridgehead atoms. The lowest BCUT2D eigenvalue weighted by molar-refractivity contribution is -0.121. The molecule has 0 saturated carbocycles. The molecular formula is C15H20N2O2. The molecule has 19 heavy (non-hydrogen) atoms. The maximum atomic E-state index is 11.1. The summed E-state index contributed by atoms with van der Waals surface area (Å²) in [5, 5.41) is 5.87. The van der Waals surface area contributed by atoms with E-state index in [1.165, 1.54) is 11.1 Å². The Hall–Kier alpha value is -1.81. The van der Waals surface area contributed by atoms with Crippen LogP contribution >= 0.6 is 0 Å². The van der Waals surface area contributed by atoms with E-state index in [0.29, 0.717) is 13.0 Å². The summed E-state index contributed by atoms with van der Waals surface area (Å²) in [6, 6.07) is 8.07. The number of hydrogen-bond donors (Lipinski definition) is 2. The highest BCUT2D eigenvalue weighted by Crippen LogP contribution is 2.22. The van der Waals surface area contributed by atoms with Gasteiger partial charge < -0.3 is 15.4 Å². The molecule has 0 spiro atoms. The van der Waals surface area contributed by atoms with E-state index in [9.17, 15) is 4.79 Å². The van der Waals surface area contributed by atoms with Crippen molar-refractivity contribution < 1.29 is 9.53 Å². The predicted octanol–water partition coefficient (Wildman–Crippen LogP) is 1.58. The highest BCUT2D eigenvalue weighted by atomic mass is 16.5. The van der Waals surface area contributed by atoms with Crippen LogP contribution < -0.4 is 15.4 Å². The van der Waals surface area contributed by atoms with Gasteiger partial charge in [0.05, 0.1) is 13.0 Å². The zero-order chi connectivity index (χ0) is 13.5. The zero-order valence-corrected chi connectivity index (χ0v) is 11.2. The fourth-order valence-corrected chi connectivity index (χ4v) is 2.04. The van der Waals surface area contributed by atoms with E-state index in [-0.39, 0.29) is 5.91 Å². The third-order valence-corrected chi connectivity index (χ3v) is 3.17. The summed E-state index contributed by atoms with van der Waals surface area (Å²) >= 11 is 0. The Labute approximate surface area is 113 Å². The summed E-state index contributed by atoms with van der Waals surface area (Å²) in [6.45, 7) is 2.39. The van der Waals surface area contributed by atoms with Crippen molar-refractivity contribution in [2.45, 2.75) is 12.8 Å². The van der Waals surface area contributed by atoms with Gasteiger partial charge in [0.25, 0.3) is 0 Å². The second-order valence-corrected chi connectivity index (χ2v) is 4.48. The Balaban J connectivity index is 1.87. The first-order chi connectivity index (χ1) is 9.29. The minimum Gasteiger partial charge on any atom is -0.493 e. The molecule has 1 aliphatic rings. The number of hydrogen-bond acceptors (Lipinski definition) is 3. The molecule has 0 aliphatic carbocycles. The van der Waals surface area contributed by atoms with Crippen molar-refractivity contribution in [3.05, 3.63) is 35.9 Å². The summed E-state index contributed by atoms with van der Waals surface area (Å²) in [6.07, 6.45) is 3.68. The van der Waals surface area contributed by atoms with Gasteiger partial charge in [0.15, 0.2) is 0 Å². The normalized spacial score (nSPS) is 14.7. The second-order valence-electron chi connectivity index (χ2n) is 4.48. The Morgan fingerprint density at radius 1 is 1.37 bits per heavy atom. The Morgan fingerprint density at radius 2 is 2.16 bits per heavy atom. The minimum atomic E-state index is -0.00326. The van der Waals surface area contributed by atoms with Gasteiger partial charge in [0, 0.05) is 13.6 Å². The van der Waals surface area contributed by atoms with Gasteiger partial charge in [0.2, 0.25) is 5.91 Å². The van der Waals surface area contributed by atoms with Crippen molar-refractivity contribution in [1.29, 1.82) is 0 Å². The van der Waals surface area contributed by atoms with Crippen molar-refractivity contribution in [2.75, 3.05) is 26.7 Å². The van der Waals surface area contributed by atoms with Crippen LogP contribution in [0.5, 0.6) is 5.75 Å². The standard InChI is InChI=1S/C15H20N2O2/c1-16-15(18)8-11-19-14-4-2-12(3-5-14)13-6-9-17-10-7-13/h2-6,17H,7-11H2,1H3,(H,16,18). The molecule has 1 aliphatic heterocycles. The molecule has 2 rings (SSSR count). The summed E-state index contributed by atoms with van der Waals surface area (Å²) in [5.41, 5.74) is 2.64. The van der Waals surface area contributed by atoms with Crippen LogP contribution in [0.3, 0.4) is 0 Å². The third-order valence-electron chi connectivity index (χ3n) is 3.17. The van der Waals surface area contributed by atoms with Crippen molar-refractivity contribution in [2.24, 2.45) is 0 Å². The van der Waals surface area contributed by atoms with E-state index in [4.69, 9.17) is 4.74 Å². The van der Waals surface area contributed by atoms with Crippen LogP contribution in [-0.2, 0) is 4.79 Å². The van der Waals surface area contributed by atoms with Crippen LogP contribution in [0.15, 0.2) is 30.3 Å². The van der Waals surface area contributed by atoms with E-state index in [2.05, 4.69) is 28.8 Å². The van der Waals surface area contributed by atoms with Crippen molar-refractivity contribution >= 4 is 11.5 Å². The van der Waals surface area contributed by atoms with Gasteiger partial charge in [-0.2, -0.15) is 0 Å². The molecule has 0 aromatic heterocycles. The van der Waals surface area contributed by atoms with E-state index in [1.54, 1.807) is 7.05 Å². The first-order valence-electron chi connectivity index (χ1n) is 6.63. The van der Waals surface area contributed by atoms with E-state index in [0.717, 1.165) is 25.3 Å². The van der Waals surface area contributed by atoms with Gasteiger partial charge >= 0.3 is 0 Å². The number of benzene rings is 1. The summed E-state index contributed by atoms with van der Waals surface area (Å²) < 4.78 is 5.53. The van der Waals surface area contributed by atoms with Gasteiger partial charge in [-0.25, -0.2) is 0 Å². The number of carbonyl (C=O) groups is 1. The summed E-state index contributed by atoms with van der Waals surface area (Å²) in [5.74, 6) is 0.804. The van der Waals surface area contributed by atoms with Crippen molar-refractivity contribution in [3.8, 4) is 5.75 Å². The molecule has 4 heteroatoms. The monoisotopic (exact) mass is 260 g/mol. The maximum absolute atomic E-state index is 11.1. The van der Waals surface area contributed by atoms with Crippen LogP contribution in [0.4, 0.5) is 0 Å². The number of rotatable bonds is 5.